The third-order valence-corrected chi connectivity index (χ3v) is 2.96. The van der Waals surface area contributed by atoms with E-state index in [1.165, 1.54) is 0 Å². The number of likely N-dealkylation sites (N-methyl/N-ethyl adjacent to an activating group) is 1. The molecule has 1 aromatic rings. The Bertz CT molecular complexity index is 344. The number of nitrogens with zero attached hydrogens (tertiary/aromatic N) is 2. The second-order valence-corrected chi connectivity index (χ2v) is 5.46. The van der Waals surface area contributed by atoms with Crippen molar-refractivity contribution in [2.45, 2.75) is 46.6 Å². The van der Waals surface area contributed by atoms with E-state index in [1.54, 1.807) is 0 Å². The van der Waals surface area contributed by atoms with Gasteiger partial charge in [-0.05, 0) is 19.4 Å². The smallest absolute Gasteiger partial charge is 0.228 e. The maximum atomic E-state index is 5.27. The number of ether oxygens (including phenoxy) is 1. The van der Waals surface area contributed by atoms with Crippen molar-refractivity contribution in [1.29, 1.82) is 0 Å². The lowest BCUT2D eigenvalue weighted by Crippen LogP contribution is -2.39. The molecule has 0 spiro atoms. The highest BCUT2D eigenvalue weighted by Crippen LogP contribution is 2.21. The van der Waals surface area contributed by atoms with Gasteiger partial charge < -0.3 is 14.6 Å². The largest absolute Gasteiger partial charge is 0.381 e. The van der Waals surface area contributed by atoms with E-state index in [0.717, 1.165) is 18.9 Å². The van der Waals surface area contributed by atoms with Gasteiger partial charge in [-0.2, -0.15) is 4.98 Å². The van der Waals surface area contributed by atoms with Crippen molar-refractivity contribution < 1.29 is 9.26 Å². The minimum Gasteiger partial charge on any atom is -0.381 e. The quantitative estimate of drug-likeness (QED) is 0.753. The average molecular weight is 255 g/mol. The van der Waals surface area contributed by atoms with Gasteiger partial charge in [0.2, 0.25) is 5.89 Å². The molecule has 0 aromatic carbocycles. The summed E-state index contributed by atoms with van der Waals surface area (Å²) in [6.45, 7) is 9.92. The molecule has 5 heteroatoms. The van der Waals surface area contributed by atoms with Gasteiger partial charge in [-0.15, -0.1) is 0 Å². The minimum atomic E-state index is 0.161. The molecule has 0 bridgehead atoms. The van der Waals surface area contributed by atoms with Gasteiger partial charge in [0.1, 0.15) is 0 Å². The second kappa shape index (κ2) is 6.85. The van der Waals surface area contributed by atoms with Crippen LogP contribution in [0.25, 0.3) is 0 Å². The Balaban J connectivity index is 2.52. The molecule has 0 aliphatic carbocycles. The molecule has 1 N–H and O–H groups in total. The van der Waals surface area contributed by atoms with Crippen LogP contribution in [-0.2, 0) is 17.6 Å². The van der Waals surface area contributed by atoms with Crippen LogP contribution in [0.3, 0.4) is 0 Å². The summed E-state index contributed by atoms with van der Waals surface area (Å²) in [7, 11) is 1.96. The molecule has 1 heterocycles. The van der Waals surface area contributed by atoms with Crippen LogP contribution in [0.4, 0.5) is 0 Å². The highest BCUT2D eigenvalue weighted by Gasteiger charge is 2.25. The maximum absolute atomic E-state index is 5.27. The molecule has 1 rings (SSSR count). The molecule has 0 amide bonds. The van der Waals surface area contributed by atoms with Crippen molar-refractivity contribution in [1.82, 2.24) is 15.5 Å². The van der Waals surface area contributed by atoms with E-state index in [2.05, 4.69) is 36.2 Å². The molecule has 0 aliphatic rings. The van der Waals surface area contributed by atoms with Crippen molar-refractivity contribution >= 4 is 0 Å². The molecular weight excluding hydrogens is 230 g/mol. The van der Waals surface area contributed by atoms with Crippen LogP contribution in [0.1, 0.15) is 39.4 Å². The van der Waals surface area contributed by atoms with Crippen LogP contribution in [0, 0.1) is 5.41 Å². The zero-order valence-electron chi connectivity index (χ0n) is 12.1. The first-order chi connectivity index (χ1) is 8.47. The number of rotatable bonds is 7. The predicted octanol–water partition coefficient (Wildman–Crippen LogP) is 1.83. The fourth-order valence-electron chi connectivity index (χ4n) is 1.80. The summed E-state index contributed by atoms with van der Waals surface area (Å²) >= 11 is 0. The molecule has 1 unspecified atom stereocenters. The van der Waals surface area contributed by atoms with E-state index in [0.29, 0.717) is 25.0 Å². The molecule has 0 saturated carbocycles. The van der Waals surface area contributed by atoms with Crippen molar-refractivity contribution in [2.24, 2.45) is 5.41 Å². The Kier molecular flexibility index (Phi) is 5.75. The first-order valence-corrected chi connectivity index (χ1v) is 6.53. The summed E-state index contributed by atoms with van der Waals surface area (Å²) in [5, 5.41) is 7.26. The summed E-state index contributed by atoms with van der Waals surface area (Å²) in [4.78, 5) is 4.39. The van der Waals surface area contributed by atoms with E-state index in [9.17, 15) is 0 Å². The van der Waals surface area contributed by atoms with Gasteiger partial charge in [-0.1, -0.05) is 25.9 Å². The van der Waals surface area contributed by atoms with Crippen molar-refractivity contribution in [3.05, 3.63) is 11.7 Å². The van der Waals surface area contributed by atoms with Gasteiger partial charge in [-0.25, -0.2) is 0 Å². The van der Waals surface area contributed by atoms with Crippen molar-refractivity contribution in [3.8, 4) is 0 Å². The molecule has 0 saturated heterocycles. The lowest BCUT2D eigenvalue weighted by molar-refractivity contribution is 0.149. The Hall–Kier alpha value is -0.940. The van der Waals surface area contributed by atoms with E-state index < -0.39 is 0 Å². The van der Waals surface area contributed by atoms with Gasteiger partial charge in [0, 0.05) is 25.5 Å². The van der Waals surface area contributed by atoms with Crippen LogP contribution >= 0.6 is 0 Å². The SMILES string of the molecule is CCOCCc1noc(CC(NC)C(C)(C)C)n1. The number of aromatic nitrogens is 2. The van der Waals surface area contributed by atoms with E-state index in [4.69, 9.17) is 9.26 Å². The Morgan fingerprint density at radius 2 is 2.11 bits per heavy atom. The molecule has 104 valence electrons. The summed E-state index contributed by atoms with van der Waals surface area (Å²) < 4.78 is 10.5. The number of hydrogen-bond donors (Lipinski definition) is 1. The van der Waals surface area contributed by atoms with Gasteiger partial charge >= 0.3 is 0 Å². The monoisotopic (exact) mass is 255 g/mol. The minimum absolute atomic E-state index is 0.161. The highest BCUT2D eigenvalue weighted by atomic mass is 16.5. The van der Waals surface area contributed by atoms with Crippen LogP contribution in [0.5, 0.6) is 0 Å². The third kappa shape index (κ3) is 4.74. The molecule has 1 aromatic heterocycles. The molecule has 1 atom stereocenters. The highest BCUT2D eigenvalue weighted by molar-refractivity contribution is 4.93. The van der Waals surface area contributed by atoms with Gasteiger partial charge in [-0.3, -0.25) is 0 Å². The first kappa shape index (κ1) is 15.1. The molecule has 0 fully saturated rings. The van der Waals surface area contributed by atoms with Crippen LogP contribution in [0.15, 0.2) is 4.52 Å². The fraction of sp³-hybridized carbons (Fsp3) is 0.846. The maximum Gasteiger partial charge on any atom is 0.228 e. The normalized spacial score (nSPS) is 13.8. The molecule has 5 nitrogen and oxygen atoms in total. The lowest BCUT2D eigenvalue weighted by atomic mass is 9.85. The Labute approximate surface area is 109 Å². The zero-order valence-corrected chi connectivity index (χ0v) is 12.1. The summed E-state index contributed by atoms with van der Waals surface area (Å²) in [6, 6.07) is 0.317. The topological polar surface area (TPSA) is 60.2 Å². The molecule has 0 aliphatic heterocycles. The van der Waals surface area contributed by atoms with Crippen LogP contribution in [0.2, 0.25) is 0 Å². The molecule has 0 radical (unpaired) electrons. The number of nitrogens with one attached hydrogen (secondary N) is 1. The standard InChI is InChI=1S/C13H25N3O2/c1-6-17-8-7-11-15-12(18-16-11)9-10(14-5)13(2,3)4/h10,14H,6-9H2,1-5H3. The van der Waals surface area contributed by atoms with Crippen LogP contribution < -0.4 is 5.32 Å². The van der Waals surface area contributed by atoms with Crippen LogP contribution in [-0.4, -0.2) is 36.4 Å². The van der Waals surface area contributed by atoms with E-state index >= 15 is 0 Å². The van der Waals surface area contributed by atoms with Gasteiger partial charge in [0.05, 0.1) is 6.61 Å². The Morgan fingerprint density at radius 3 is 2.67 bits per heavy atom. The summed E-state index contributed by atoms with van der Waals surface area (Å²) in [6.07, 6.45) is 1.46. The summed E-state index contributed by atoms with van der Waals surface area (Å²) in [5.74, 6) is 1.41. The first-order valence-electron chi connectivity index (χ1n) is 6.53. The molecular formula is C13H25N3O2. The van der Waals surface area contributed by atoms with E-state index in [1.807, 2.05) is 14.0 Å². The third-order valence-electron chi connectivity index (χ3n) is 2.96. The van der Waals surface area contributed by atoms with Gasteiger partial charge in [0.15, 0.2) is 5.82 Å². The second-order valence-electron chi connectivity index (χ2n) is 5.46. The van der Waals surface area contributed by atoms with Crippen molar-refractivity contribution in [3.63, 3.8) is 0 Å². The summed E-state index contributed by atoms with van der Waals surface area (Å²) in [5.41, 5.74) is 0.161. The van der Waals surface area contributed by atoms with Gasteiger partial charge in [0.25, 0.3) is 0 Å². The Morgan fingerprint density at radius 1 is 1.39 bits per heavy atom. The predicted molar refractivity (Wildman–Crippen MR) is 70.5 cm³/mol. The number of hydrogen-bond acceptors (Lipinski definition) is 5. The lowest BCUT2D eigenvalue weighted by Gasteiger charge is -2.29. The van der Waals surface area contributed by atoms with Crippen molar-refractivity contribution in [2.75, 3.05) is 20.3 Å². The average Bonchev–Trinajstić information content (AvgIpc) is 2.72. The zero-order chi connectivity index (χ0) is 13.6. The molecule has 18 heavy (non-hydrogen) atoms. The fourth-order valence-corrected chi connectivity index (χ4v) is 1.80. The van der Waals surface area contributed by atoms with E-state index in [-0.39, 0.29) is 5.41 Å².